The highest BCUT2D eigenvalue weighted by atomic mass is 32.2. The maximum Gasteiger partial charge on any atom is 0.237 e. The minimum atomic E-state index is -0.324. The Bertz CT molecular complexity index is 927. The van der Waals surface area contributed by atoms with Gasteiger partial charge in [0.15, 0.2) is 0 Å². The average molecular weight is 369 g/mol. The molecule has 0 spiro atoms. The van der Waals surface area contributed by atoms with Crippen LogP contribution in [0.15, 0.2) is 53.7 Å². The van der Waals surface area contributed by atoms with Gasteiger partial charge < -0.3 is 4.90 Å². The number of aromatic nitrogens is 4. The molecule has 1 amide bonds. The first-order valence-corrected chi connectivity index (χ1v) is 9.26. The molecule has 132 valence electrons. The summed E-state index contributed by atoms with van der Waals surface area (Å²) in [5.41, 5.74) is 2.84. The van der Waals surface area contributed by atoms with Gasteiger partial charge in [-0.05, 0) is 59.2 Å². The number of aryl methyl sites for hydroxylation is 1. The molecule has 8 heteroatoms. The fraction of sp³-hybridized carbons (Fsp3) is 0.222. The zero-order valence-corrected chi connectivity index (χ0v) is 14.7. The van der Waals surface area contributed by atoms with Gasteiger partial charge in [-0.2, -0.15) is 4.68 Å². The van der Waals surface area contributed by atoms with Crippen molar-refractivity contribution in [3.8, 4) is 5.69 Å². The van der Waals surface area contributed by atoms with E-state index in [0.29, 0.717) is 10.8 Å². The van der Waals surface area contributed by atoms with Crippen LogP contribution in [0.1, 0.15) is 12.0 Å². The van der Waals surface area contributed by atoms with Gasteiger partial charge in [-0.25, -0.2) is 4.39 Å². The number of thioether (sulfide) groups is 1. The summed E-state index contributed by atoms with van der Waals surface area (Å²) < 4.78 is 14.6. The zero-order chi connectivity index (χ0) is 17.9. The first kappa shape index (κ1) is 16.7. The fourth-order valence-electron chi connectivity index (χ4n) is 3.01. The number of tetrazole rings is 1. The molecular formula is C18H16FN5OS. The Morgan fingerprint density at radius 3 is 2.81 bits per heavy atom. The number of amides is 1. The second-order valence-electron chi connectivity index (χ2n) is 5.92. The third-order valence-electron chi connectivity index (χ3n) is 4.25. The van der Waals surface area contributed by atoms with Gasteiger partial charge in [0.2, 0.25) is 11.1 Å². The standard InChI is InChI=1S/C18H16FN5OS/c19-14-7-9-15(10-8-14)24-18(20-21-22-24)26-12-17(25)23-11-3-5-13-4-1-2-6-16(13)23/h1-2,4,6-10H,3,5,11-12H2. The van der Waals surface area contributed by atoms with E-state index >= 15 is 0 Å². The highest BCUT2D eigenvalue weighted by molar-refractivity contribution is 7.99. The number of anilines is 1. The van der Waals surface area contributed by atoms with Crippen molar-refractivity contribution in [3.05, 3.63) is 59.9 Å². The van der Waals surface area contributed by atoms with Gasteiger partial charge in [-0.1, -0.05) is 30.0 Å². The van der Waals surface area contributed by atoms with Gasteiger partial charge in [0, 0.05) is 12.2 Å². The molecule has 0 fully saturated rings. The van der Waals surface area contributed by atoms with E-state index in [1.165, 1.54) is 34.1 Å². The number of halogens is 1. The SMILES string of the molecule is O=C(CSc1nnnn1-c1ccc(F)cc1)N1CCCc2ccccc21. The summed E-state index contributed by atoms with van der Waals surface area (Å²) >= 11 is 1.27. The van der Waals surface area contributed by atoms with Gasteiger partial charge in [0.25, 0.3) is 0 Å². The lowest BCUT2D eigenvalue weighted by Crippen LogP contribution is -2.36. The smallest absolute Gasteiger partial charge is 0.237 e. The first-order valence-electron chi connectivity index (χ1n) is 8.28. The molecule has 26 heavy (non-hydrogen) atoms. The van der Waals surface area contributed by atoms with Crippen LogP contribution in [0, 0.1) is 5.82 Å². The summed E-state index contributed by atoms with van der Waals surface area (Å²) in [6, 6.07) is 13.9. The van der Waals surface area contributed by atoms with Crippen LogP contribution in [0.4, 0.5) is 10.1 Å². The van der Waals surface area contributed by atoms with Crippen LogP contribution in [0.5, 0.6) is 0 Å². The number of hydrogen-bond acceptors (Lipinski definition) is 5. The molecule has 0 saturated heterocycles. The third-order valence-corrected chi connectivity index (χ3v) is 5.15. The largest absolute Gasteiger partial charge is 0.311 e. The Labute approximate surface area is 154 Å². The summed E-state index contributed by atoms with van der Waals surface area (Å²) in [4.78, 5) is 14.6. The Kier molecular flexibility index (Phi) is 4.66. The quantitative estimate of drug-likeness (QED) is 0.662. The van der Waals surface area contributed by atoms with Crippen molar-refractivity contribution in [1.29, 1.82) is 0 Å². The molecule has 0 N–H and O–H groups in total. The molecule has 0 radical (unpaired) electrons. The van der Waals surface area contributed by atoms with Gasteiger partial charge in [-0.3, -0.25) is 4.79 Å². The molecule has 1 aliphatic heterocycles. The van der Waals surface area contributed by atoms with Gasteiger partial charge in [0.05, 0.1) is 11.4 Å². The second-order valence-corrected chi connectivity index (χ2v) is 6.86. The molecule has 1 aliphatic rings. The highest BCUT2D eigenvalue weighted by Gasteiger charge is 2.23. The maximum absolute atomic E-state index is 13.1. The minimum Gasteiger partial charge on any atom is -0.311 e. The van der Waals surface area contributed by atoms with Gasteiger partial charge >= 0.3 is 0 Å². The lowest BCUT2D eigenvalue weighted by atomic mass is 10.0. The number of carbonyl (C=O) groups excluding carboxylic acids is 1. The van der Waals surface area contributed by atoms with E-state index in [1.54, 1.807) is 12.1 Å². The van der Waals surface area contributed by atoms with E-state index < -0.39 is 0 Å². The number of carbonyl (C=O) groups is 1. The molecule has 2 aromatic carbocycles. The van der Waals surface area contributed by atoms with Crippen molar-refractivity contribution < 1.29 is 9.18 Å². The third kappa shape index (κ3) is 3.32. The summed E-state index contributed by atoms with van der Waals surface area (Å²) in [7, 11) is 0. The molecule has 0 bridgehead atoms. The molecule has 0 unspecified atom stereocenters. The second kappa shape index (κ2) is 7.25. The lowest BCUT2D eigenvalue weighted by Gasteiger charge is -2.29. The molecule has 3 aromatic rings. The van der Waals surface area contributed by atoms with E-state index in [1.807, 2.05) is 23.1 Å². The van der Waals surface area contributed by atoms with Gasteiger partial charge in [0.1, 0.15) is 5.82 Å². The minimum absolute atomic E-state index is 0.0239. The molecule has 0 atom stereocenters. The number of nitrogens with zero attached hydrogens (tertiary/aromatic N) is 5. The van der Waals surface area contributed by atoms with Crippen LogP contribution in [0.3, 0.4) is 0 Å². The van der Waals surface area contributed by atoms with E-state index in [9.17, 15) is 9.18 Å². The van der Waals surface area contributed by atoms with Crippen LogP contribution in [-0.2, 0) is 11.2 Å². The number of rotatable bonds is 4. The maximum atomic E-state index is 13.1. The molecule has 0 aliphatic carbocycles. The number of hydrogen-bond donors (Lipinski definition) is 0. The molecular weight excluding hydrogens is 353 g/mol. The summed E-state index contributed by atoms with van der Waals surface area (Å²) in [5.74, 6) is -0.0682. The lowest BCUT2D eigenvalue weighted by molar-refractivity contribution is -0.116. The average Bonchev–Trinajstić information content (AvgIpc) is 3.15. The fourth-order valence-corrected chi connectivity index (χ4v) is 3.78. The summed E-state index contributed by atoms with van der Waals surface area (Å²) in [5, 5.41) is 12.1. The van der Waals surface area contributed by atoms with Gasteiger partial charge in [-0.15, -0.1) is 5.10 Å². The predicted octanol–water partition coefficient (Wildman–Crippen LogP) is 2.87. The Balaban J connectivity index is 1.48. The van der Waals surface area contributed by atoms with Crippen LogP contribution in [-0.4, -0.2) is 38.4 Å². The van der Waals surface area contributed by atoms with Crippen molar-refractivity contribution in [2.24, 2.45) is 0 Å². The van der Waals surface area contributed by atoms with E-state index in [-0.39, 0.29) is 17.5 Å². The Morgan fingerprint density at radius 2 is 1.96 bits per heavy atom. The van der Waals surface area contributed by atoms with Crippen molar-refractivity contribution in [3.63, 3.8) is 0 Å². The summed E-state index contributed by atoms with van der Waals surface area (Å²) in [6.07, 6.45) is 1.96. The molecule has 4 rings (SSSR count). The van der Waals surface area contributed by atoms with Crippen LogP contribution < -0.4 is 4.90 Å². The highest BCUT2D eigenvalue weighted by Crippen LogP contribution is 2.28. The number of benzene rings is 2. The van der Waals surface area contributed by atoms with Crippen LogP contribution in [0.2, 0.25) is 0 Å². The predicted molar refractivity (Wildman–Crippen MR) is 97.0 cm³/mol. The van der Waals surface area contributed by atoms with Crippen molar-refractivity contribution in [1.82, 2.24) is 20.2 Å². The molecule has 2 heterocycles. The number of fused-ring (bicyclic) bond motifs is 1. The van der Waals surface area contributed by atoms with Crippen LogP contribution >= 0.6 is 11.8 Å². The van der Waals surface area contributed by atoms with Crippen LogP contribution in [0.25, 0.3) is 5.69 Å². The Morgan fingerprint density at radius 1 is 1.15 bits per heavy atom. The molecule has 1 aromatic heterocycles. The van der Waals surface area contributed by atoms with E-state index in [2.05, 4.69) is 21.6 Å². The Hall–Kier alpha value is -2.74. The van der Waals surface area contributed by atoms with E-state index in [4.69, 9.17) is 0 Å². The van der Waals surface area contributed by atoms with Crippen molar-refractivity contribution in [2.45, 2.75) is 18.0 Å². The van der Waals surface area contributed by atoms with E-state index in [0.717, 1.165) is 25.1 Å². The normalized spacial score (nSPS) is 13.5. The molecule has 6 nitrogen and oxygen atoms in total. The summed E-state index contributed by atoms with van der Waals surface area (Å²) in [6.45, 7) is 0.722. The topological polar surface area (TPSA) is 63.9 Å². The first-order chi connectivity index (χ1) is 12.7. The van der Waals surface area contributed by atoms with Crippen molar-refractivity contribution in [2.75, 3.05) is 17.2 Å². The number of para-hydroxylation sites is 1. The zero-order valence-electron chi connectivity index (χ0n) is 13.9. The molecule has 0 saturated carbocycles. The monoisotopic (exact) mass is 369 g/mol. The van der Waals surface area contributed by atoms with Crippen molar-refractivity contribution >= 4 is 23.4 Å².